The monoisotopic (exact) mass is 444 g/mol. The molecule has 4 atom stereocenters. The lowest BCUT2D eigenvalue weighted by Gasteiger charge is -2.52. The minimum absolute atomic E-state index is 0.151. The molecule has 2 fully saturated rings. The van der Waals surface area contributed by atoms with E-state index in [0.29, 0.717) is 5.92 Å². The second-order valence-electron chi connectivity index (χ2n) is 12.5. The van der Waals surface area contributed by atoms with E-state index in [2.05, 4.69) is 93.5 Å². The van der Waals surface area contributed by atoms with Crippen molar-refractivity contribution in [2.75, 3.05) is 0 Å². The van der Waals surface area contributed by atoms with Gasteiger partial charge in [-0.25, -0.2) is 0 Å². The molecule has 184 valence electrons. The summed E-state index contributed by atoms with van der Waals surface area (Å²) in [6.07, 6.45) is 7.73. The zero-order chi connectivity index (χ0) is 24.1. The van der Waals surface area contributed by atoms with E-state index in [1.54, 1.807) is 0 Å². The Hall–Kier alpha value is -1.02. The largest absolute Gasteiger partial charge is 0.464 e. The van der Waals surface area contributed by atoms with Crippen LogP contribution in [0.4, 0.5) is 0 Å². The molecule has 1 aromatic rings. The predicted octanol–water partition coefficient (Wildman–Crippen LogP) is 9.23. The van der Waals surface area contributed by atoms with Gasteiger partial charge in [-0.15, -0.1) is 0 Å². The van der Waals surface area contributed by atoms with Gasteiger partial charge in [-0.3, -0.25) is 0 Å². The van der Waals surface area contributed by atoms with Gasteiger partial charge in [-0.05, 0) is 92.7 Å². The van der Waals surface area contributed by atoms with Gasteiger partial charge in [0.25, 0.3) is 0 Å². The van der Waals surface area contributed by atoms with Crippen LogP contribution in [0.2, 0.25) is 0 Å². The fourth-order valence-electron chi connectivity index (χ4n) is 6.07. The fourth-order valence-corrected chi connectivity index (χ4v) is 6.07. The molecule has 2 aliphatic rings. The molecule has 0 radical (unpaired) electrons. The molecule has 0 aliphatic heterocycles. The Bertz CT molecular complexity index is 650. The van der Waals surface area contributed by atoms with Crippen molar-refractivity contribution in [2.24, 2.45) is 28.6 Å². The smallest absolute Gasteiger partial charge is 0.205 e. The van der Waals surface area contributed by atoms with E-state index in [1.165, 1.54) is 44.1 Å². The fraction of sp³-hybridized carbons (Fsp3) is 0.800. The summed E-state index contributed by atoms with van der Waals surface area (Å²) >= 11 is 0. The second kappa shape index (κ2) is 11.4. The predicted molar refractivity (Wildman–Crippen MR) is 138 cm³/mol. The molecule has 2 heteroatoms. The average Bonchev–Trinajstić information content (AvgIpc) is 2.66. The maximum atomic E-state index is 6.64. The number of benzene rings is 1. The second-order valence-corrected chi connectivity index (χ2v) is 12.5. The van der Waals surface area contributed by atoms with Gasteiger partial charge in [0.15, 0.2) is 0 Å². The van der Waals surface area contributed by atoms with Crippen molar-refractivity contribution in [3.8, 4) is 5.75 Å². The van der Waals surface area contributed by atoms with E-state index in [-0.39, 0.29) is 23.2 Å². The maximum absolute atomic E-state index is 6.64. The first kappa shape index (κ1) is 27.2. The van der Waals surface area contributed by atoms with Gasteiger partial charge in [0.2, 0.25) is 6.29 Å². The SMILES string of the molecule is CC1CC2CC(C)CC(C(Oc3ccc(C(C)C(C)(C)C)cc3)OC(C)C)(C1)C2.CCC. The van der Waals surface area contributed by atoms with E-state index in [1.807, 2.05) is 0 Å². The Morgan fingerprint density at radius 2 is 1.41 bits per heavy atom. The number of hydrogen-bond donors (Lipinski definition) is 0. The molecule has 1 aromatic carbocycles. The highest BCUT2D eigenvalue weighted by molar-refractivity contribution is 5.30. The molecule has 2 aliphatic carbocycles. The van der Waals surface area contributed by atoms with Crippen LogP contribution in [0.3, 0.4) is 0 Å². The summed E-state index contributed by atoms with van der Waals surface area (Å²) in [4.78, 5) is 0. The van der Waals surface area contributed by atoms with E-state index in [0.717, 1.165) is 23.5 Å². The number of rotatable bonds is 6. The molecular weight excluding hydrogens is 392 g/mol. The van der Waals surface area contributed by atoms with Gasteiger partial charge in [0, 0.05) is 5.41 Å². The van der Waals surface area contributed by atoms with Gasteiger partial charge in [-0.1, -0.05) is 73.9 Å². The number of hydrogen-bond acceptors (Lipinski definition) is 2. The molecule has 4 unspecified atom stereocenters. The highest BCUT2D eigenvalue weighted by atomic mass is 16.7. The summed E-state index contributed by atoms with van der Waals surface area (Å²) < 4.78 is 13.1. The normalized spacial score (nSPS) is 29.7. The molecule has 32 heavy (non-hydrogen) atoms. The highest BCUT2D eigenvalue weighted by Gasteiger charge is 2.51. The highest BCUT2D eigenvalue weighted by Crippen LogP contribution is 2.55. The van der Waals surface area contributed by atoms with E-state index in [9.17, 15) is 0 Å². The molecule has 0 spiro atoms. The first-order valence-electron chi connectivity index (χ1n) is 13.3. The molecule has 0 aromatic heterocycles. The summed E-state index contributed by atoms with van der Waals surface area (Å²) in [5.41, 5.74) is 1.79. The topological polar surface area (TPSA) is 18.5 Å². The summed E-state index contributed by atoms with van der Waals surface area (Å²) in [7, 11) is 0. The molecule has 2 nitrogen and oxygen atoms in total. The summed E-state index contributed by atoms with van der Waals surface area (Å²) in [5.74, 6) is 3.82. The minimum Gasteiger partial charge on any atom is -0.464 e. The van der Waals surface area contributed by atoms with Crippen LogP contribution in [0.15, 0.2) is 24.3 Å². The summed E-state index contributed by atoms with van der Waals surface area (Å²) in [5, 5.41) is 0. The molecule has 0 amide bonds. The van der Waals surface area contributed by atoms with E-state index in [4.69, 9.17) is 9.47 Å². The van der Waals surface area contributed by atoms with Crippen LogP contribution in [-0.2, 0) is 4.74 Å². The quantitative estimate of drug-likeness (QED) is 0.407. The lowest BCUT2D eigenvalue weighted by atomic mass is 9.56. The Kier molecular flexibility index (Phi) is 9.71. The van der Waals surface area contributed by atoms with E-state index >= 15 is 0 Å². The van der Waals surface area contributed by atoms with E-state index < -0.39 is 0 Å². The van der Waals surface area contributed by atoms with Gasteiger partial charge in [0.05, 0.1) is 6.10 Å². The van der Waals surface area contributed by atoms with Crippen molar-refractivity contribution in [2.45, 2.75) is 126 Å². The third-order valence-corrected chi connectivity index (χ3v) is 7.49. The van der Waals surface area contributed by atoms with Crippen LogP contribution in [0.25, 0.3) is 0 Å². The van der Waals surface area contributed by atoms with Gasteiger partial charge < -0.3 is 9.47 Å². The van der Waals surface area contributed by atoms with Crippen molar-refractivity contribution in [3.05, 3.63) is 29.8 Å². The first-order chi connectivity index (χ1) is 14.9. The molecule has 0 saturated heterocycles. The summed E-state index contributed by atoms with van der Waals surface area (Å²) in [6, 6.07) is 8.79. The molecule has 3 rings (SSSR count). The van der Waals surface area contributed by atoms with Crippen LogP contribution in [0, 0.1) is 28.6 Å². The maximum Gasteiger partial charge on any atom is 0.205 e. The Balaban J connectivity index is 0.00000114. The lowest BCUT2D eigenvalue weighted by molar-refractivity contribution is -0.212. The van der Waals surface area contributed by atoms with Gasteiger partial charge in [-0.2, -0.15) is 0 Å². The Morgan fingerprint density at radius 3 is 1.84 bits per heavy atom. The van der Waals surface area contributed by atoms with Crippen molar-refractivity contribution in [3.63, 3.8) is 0 Å². The first-order valence-corrected chi connectivity index (χ1v) is 13.3. The standard InChI is InChI=1S/C27H44O2.C3H8/c1-18(2)28-25(27-15-19(3)13-22(17-27)14-20(4)16-27)29-24-11-9-23(10-12-24)21(5)26(6,7)8;1-3-2/h9-12,18-22,25H,13-17H2,1-8H3;3H2,1-2H3. The van der Waals surface area contributed by atoms with Crippen molar-refractivity contribution in [1.29, 1.82) is 0 Å². The van der Waals surface area contributed by atoms with Crippen LogP contribution in [0.5, 0.6) is 5.75 Å². The molecule has 0 heterocycles. The zero-order valence-corrected chi connectivity index (χ0v) is 22.8. The van der Waals surface area contributed by atoms with Crippen LogP contribution >= 0.6 is 0 Å². The van der Waals surface area contributed by atoms with Crippen molar-refractivity contribution < 1.29 is 9.47 Å². The average molecular weight is 445 g/mol. The minimum atomic E-state index is -0.151. The van der Waals surface area contributed by atoms with Crippen molar-refractivity contribution >= 4 is 0 Å². The summed E-state index contributed by atoms with van der Waals surface area (Å²) in [6.45, 7) is 22.6. The number of fused-ring (bicyclic) bond motifs is 2. The lowest BCUT2D eigenvalue weighted by Crippen LogP contribution is -2.50. The Labute approximate surface area is 199 Å². The zero-order valence-electron chi connectivity index (χ0n) is 22.8. The van der Waals surface area contributed by atoms with Crippen LogP contribution < -0.4 is 4.74 Å². The molecule has 2 saturated carbocycles. The number of ether oxygens (including phenoxy) is 2. The molecule has 0 N–H and O–H groups in total. The van der Waals surface area contributed by atoms with Gasteiger partial charge in [0.1, 0.15) is 5.75 Å². The Morgan fingerprint density at radius 1 is 0.906 bits per heavy atom. The van der Waals surface area contributed by atoms with Crippen LogP contribution in [0.1, 0.15) is 119 Å². The van der Waals surface area contributed by atoms with Gasteiger partial charge >= 0.3 is 0 Å². The van der Waals surface area contributed by atoms with Crippen molar-refractivity contribution in [1.82, 2.24) is 0 Å². The molecule has 2 bridgehead atoms. The third kappa shape index (κ3) is 7.24. The molecular formula is C30H52O2. The third-order valence-electron chi connectivity index (χ3n) is 7.49. The van der Waals surface area contributed by atoms with Crippen LogP contribution in [-0.4, -0.2) is 12.4 Å².